The summed E-state index contributed by atoms with van der Waals surface area (Å²) in [5, 5.41) is 4.49. The molecule has 0 unspecified atom stereocenters. The average Bonchev–Trinajstić information content (AvgIpc) is 2.42. The molecule has 1 N–H and O–H groups in total. The van der Waals surface area contributed by atoms with Crippen LogP contribution in [0.1, 0.15) is 11.3 Å². The standard InChI is InChI=1S/C16H20N2O/c1-13-12-14(6-5-9-17-10-11-19-2)15-7-3-4-8-16(15)18-13/h3-8,12,17H,9-11H2,1-2H3. The van der Waals surface area contributed by atoms with Crippen LogP contribution in [-0.2, 0) is 4.74 Å². The minimum atomic E-state index is 0.741. The number of pyridine rings is 1. The summed E-state index contributed by atoms with van der Waals surface area (Å²) in [6, 6.07) is 10.4. The van der Waals surface area contributed by atoms with E-state index in [-0.39, 0.29) is 0 Å². The van der Waals surface area contributed by atoms with Gasteiger partial charge in [0.25, 0.3) is 0 Å². The number of aryl methyl sites for hydroxylation is 1. The molecule has 2 rings (SSSR count). The van der Waals surface area contributed by atoms with Gasteiger partial charge in [0.2, 0.25) is 0 Å². The first kappa shape index (κ1) is 13.7. The number of fused-ring (bicyclic) bond motifs is 1. The predicted octanol–water partition coefficient (Wildman–Crippen LogP) is 2.79. The molecule has 3 heteroatoms. The van der Waals surface area contributed by atoms with E-state index in [1.165, 1.54) is 10.9 Å². The molecule has 0 spiro atoms. The van der Waals surface area contributed by atoms with Crippen LogP contribution in [0.15, 0.2) is 36.4 Å². The number of aromatic nitrogens is 1. The summed E-state index contributed by atoms with van der Waals surface area (Å²) in [6.07, 6.45) is 4.29. The van der Waals surface area contributed by atoms with E-state index in [2.05, 4.69) is 40.7 Å². The molecule has 0 bridgehead atoms. The number of benzene rings is 1. The molecule has 0 saturated carbocycles. The predicted molar refractivity (Wildman–Crippen MR) is 80.3 cm³/mol. The molecule has 0 fully saturated rings. The van der Waals surface area contributed by atoms with Crippen LogP contribution in [0.4, 0.5) is 0 Å². The molecule has 0 amide bonds. The number of hydrogen-bond acceptors (Lipinski definition) is 3. The molecular formula is C16H20N2O. The summed E-state index contributed by atoms with van der Waals surface area (Å²) in [7, 11) is 1.71. The van der Waals surface area contributed by atoms with E-state index in [1.54, 1.807) is 7.11 Å². The van der Waals surface area contributed by atoms with E-state index >= 15 is 0 Å². The first-order chi connectivity index (χ1) is 9.31. The minimum Gasteiger partial charge on any atom is -0.383 e. The van der Waals surface area contributed by atoms with Gasteiger partial charge in [-0.15, -0.1) is 0 Å². The number of hydrogen-bond donors (Lipinski definition) is 1. The number of rotatable bonds is 6. The van der Waals surface area contributed by atoms with Gasteiger partial charge in [-0.1, -0.05) is 30.4 Å². The lowest BCUT2D eigenvalue weighted by atomic mass is 10.1. The molecule has 0 aliphatic rings. The fourth-order valence-corrected chi connectivity index (χ4v) is 2.02. The lowest BCUT2D eigenvalue weighted by Gasteiger charge is -2.04. The normalized spacial score (nSPS) is 11.5. The first-order valence-corrected chi connectivity index (χ1v) is 6.54. The summed E-state index contributed by atoms with van der Waals surface area (Å²) in [5.41, 5.74) is 3.32. The quantitative estimate of drug-likeness (QED) is 0.807. The molecule has 1 heterocycles. The van der Waals surface area contributed by atoms with E-state index in [4.69, 9.17) is 4.74 Å². The van der Waals surface area contributed by atoms with E-state index in [0.717, 1.165) is 30.9 Å². The van der Waals surface area contributed by atoms with Gasteiger partial charge < -0.3 is 10.1 Å². The van der Waals surface area contributed by atoms with E-state index < -0.39 is 0 Å². The molecule has 1 aromatic carbocycles. The van der Waals surface area contributed by atoms with Crippen molar-refractivity contribution < 1.29 is 4.74 Å². The number of para-hydroxylation sites is 1. The maximum absolute atomic E-state index is 4.99. The van der Waals surface area contributed by atoms with Crippen molar-refractivity contribution in [3.05, 3.63) is 47.7 Å². The maximum Gasteiger partial charge on any atom is 0.0711 e. The highest BCUT2D eigenvalue weighted by Gasteiger charge is 2.00. The maximum atomic E-state index is 4.99. The first-order valence-electron chi connectivity index (χ1n) is 6.54. The van der Waals surface area contributed by atoms with Gasteiger partial charge in [0, 0.05) is 31.3 Å². The second-order valence-corrected chi connectivity index (χ2v) is 4.47. The van der Waals surface area contributed by atoms with Crippen molar-refractivity contribution in [1.29, 1.82) is 0 Å². The Balaban J connectivity index is 2.09. The van der Waals surface area contributed by atoms with Gasteiger partial charge in [-0.3, -0.25) is 4.98 Å². The van der Waals surface area contributed by atoms with Gasteiger partial charge >= 0.3 is 0 Å². The Morgan fingerprint density at radius 1 is 1.32 bits per heavy atom. The number of methoxy groups -OCH3 is 1. The Labute approximate surface area is 114 Å². The molecule has 0 aliphatic carbocycles. The zero-order valence-electron chi connectivity index (χ0n) is 11.5. The molecule has 0 aliphatic heterocycles. The summed E-state index contributed by atoms with van der Waals surface area (Å²) in [4.78, 5) is 4.54. The second kappa shape index (κ2) is 7.02. The summed E-state index contributed by atoms with van der Waals surface area (Å²) < 4.78 is 4.99. The minimum absolute atomic E-state index is 0.741. The van der Waals surface area contributed by atoms with Crippen LogP contribution >= 0.6 is 0 Å². The Bertz CT molecular complexity index is 564. The van der Waals surface area contributed by atoms with Gasteiger partial charge in [0.1, 0.15) is 0 Å². The van der Waals surface area contributed by atoms with Crippen molar-refractivity contribution in [3.63, 3.8) is 0 Å². The average molecular weight is 256 g/mol. The van der Waals surface area contributed by atoms with Gasteiger partial charge in [0.05, 0.1) is 12.1 Å². The third kappa shape index (κ3) is 3.88. The zero-order chi connectivity index (χ0) is 13.5. The van der Waals surface area contributed by atoms with Crippen molar-refractivity contribution in [3.8, 4) is 0 Å². The van der Waals surface area contributed by atoms with Gasteiger partial charge in [-0.2, -0.15) is 0 Å². The Morgan fingerprint density at radius 2 is 2.16 bits per heavy atom. The monoisotopic (exact) mass is 256 g/mol. The van der Waals surface area contributed by atoms with Crippen LogP contribution in [0.25, 0.3) is 17.0 Å². The number of nitrogens with zero attached hydrogens (tertiary/aromatic N) is 1. The third-order valence-corrected chi connectivity index (χ3v) is 2.92. The van der Waals surface area contributed by atoms with Crippen molar-refractivity contribution in [2.45, 2.75) is 6.92 Å². The molecule has 19 heavy (non-hydrogen) atoms. The van der Waals surface area contributed by atoms with Gasteiger partial charge in [0.15, 0.2) is 0 Å². The van der Waals surface area contributed by atoms with Crippen molar-refractivity contribution in [2.75, 3.05) is 26.8 Å². The Kier molecular flexibility index (Phi) is 5.07. The highest BCUT2D eigenvalue weighted by atomic mass is 16.5. The van der Waals surface area contributed by atoms with Gasteiger partial charge in [-0.25, -0.2) is 0 Å². The van der Waals surface area contributed by atoms with Crippen molar-refractivity contribution in [2.24, 2.45) is 0 Å². The van der Waals surface area contributed by atoms with Crippen LogP contribution in [0, 0.1) is 6.92 Å². The molecule has 0 saturated heterocycles. The highest BCUT2D eigenvalue weighted by molar-refractivity contribution is 5.87. The fourth-order valence-electron chi connectivity index (χ4n) is 2.02. The Hall–Kier alpha value is -1.71. The van der Waals surface area contributed by atoms with Crippen LogP contribution in [0.5, 0.6) is 0 Å². The number of nitrogens with one attached hydrogen (secondary N) is 1. The molecule has 0 atom stereocenters. The van der Waals surface area contributed by atoms with Crippen LogP contribution in [0.2, 0.25) is 0 Å². The summed E-state index contributed by atoms with van der Waals surface area (Å²) >= 11 is 0. The third-order valence-electron chi connectivity index (χ3n) is 2.92. The molecule has 0 radical (unpaired) electrons. The fraction of sp³-hybridized carbons (Fsp3) is 0.312. The van der Waals surface area contributed by atoms with E-state index in [9.17, 15) is 0 Å². The summed E-state index contributed by atoms with van der Waals surface area (Å²) in [5.74, 6) is 0. The number of ether oxygens (including phenoxy) is 1. The molecule has 2 aromatic rings. The molecule has 3 nitrogen and oxygen atoms in total. The van der Waals surface area contributed by atoms with Crippen molar-refractivity contribution in [1.82, 2.24) is 10.3 Å². The topological polar surface area (TPSA) is 34.1 Å². The zero-order valence-corrected chi connectivity index (χ0v) is 11.5. The SMILES string of the molecule is COCCNCC=Cc1cc(C)nc2ccccc12. The lowest BCUT2D eigenvalue weighted by molar-refractivity contribution is 0.200. The van der Waals surface area contributed by atoms with Crippen molar-refractivity contribution >= 4 is 17.0 Å². The van der Waals surface area contributed by atoms with E-state index in [1.807, 2.05) is 19.1 Å². The van der Waals surface area contributed by atoms with Crippen LogP contribution < -0.4 is 5.32 Å². The highest BCUT2D eigenvalue weighted by Crippen LogP contribution is 2.19. The smallest absolute Gasteiger partial charge is 0.0711 e. The molecular weight excluding hydrogens is 236 g/mol. The Morgan fingerprint density at radius 3 is 3.00 bits per heavy atom. The van der Waals surface area contributed by atoms with E-state index in [0.29, 0.717) is 0 Å². The largest absolute Gasteiger partial charge is 0.383 e. The second-order valence-electron chi connectivity index (χ2n) is 4.47. The van der Waals surface area contributed by atoms with Gasteiger partial charge in [-0.05, 0) is 24.6 Å². The van der Waals surface area contributed by atoms with Crippen LogP contribution in [-0.4, -0.2) is 31.8 Å². The summed E-state index contributed by atoms with van der Waals surface area (Å²) in [6.45, 7) is 4.49. The lowest BCUT2D eigenvalue weighted by Crippen LogP contribution is -2.18. The van der Waals surface area contributed by atoms with Crippen LogP contribution in [0.3, 0.4) is 0 Å². The molecule has 100 valence electrons. The molecule has 1 aromatic heterocycles.